The number of Topliss-reactive ketones (excluding diaryl/α,β-unsaturated/α-hetero) is 1. The zero-order valence-electron chi connectivity index (χ0n) is 15.6. The second-order valence-electron chi connectivity index (χ2n) is 7.48. The van der Waals surface area contributed by atoms with Crippen molar-refractivity contribution in [3.05, 3.63) is 63.1 Å². The van der Waals surface area contributed by atoms with Crippen LogP contribution in [-0.2, 0) is 6.54 Å². The summed E-state index contributed by atoms with van der Waals surface area (Å²) in [5.41, 5.74) is -1.42. The van der Waals surface area contributed by atoms with E-state index in [9.17, 15) is 28.3 Å². The van der Waals surface area contributed by atoms with Crippen molar-refractivity contribution in [2.75, 3.05) is 18.6 Å². The third-order valence-corrected chi connectivity index (χ3v) is 5.45. The molecular formula is C20H19F2N3O4. The van der Waals surface area contributed by atoms with Gasteiger partial charge in [0.1, 0.15) is 17.2 Å². The molecule has 1 fully saturated rings. The molecule has 1 unspecified atom stereocenters. The Labute approximate surface area is 164 Å². The zero-order valence-corrected chi connectivity index (χ0v) is 15.6. The molecule has 1 amide bonds. The summed E-state index contributed by atoms with van der Waals surface area (Å²) in [5, 5.41) is 14.4. The van der Waals surface area contributed by atoms with Crippen molar-refractivity contribution in [2.24, 2.45) is 11.8 Å². The highest BCUT2D eigenvalue weighted by molar-refractivity contribution is 6.02. The van der Waals surface area contributed by atoms with E-state index in [1.165, 1.54) is 16.9 Å². The number of fused-ring (bicyclic) bond motifs is 1. The van der Waals surface area contributed by atoms with Gasteiger partial charge in [0.2, 0.25) is 5.43 Å². The first-order valence-electron chi connectivity index (χ1n) is 9.24. The Balaban J connectivity index is 1.62. The topological polar surface area (TPSA) is 91.6 Å². The summed E-state index contributed by atoms with van der Waals surface area (Å²) < 4.78 is 28.0. The Hall–Kier alpha value is -3.23. The van der Waals surface area contributed by atoms with Crippen LogP contribution in [0.5, 0.6) is 5.75 Å². The van der Waals surface area contributed by atoms with Crippen LogP contribution in [0.15, 0.2) is 29.2 Å². The Morgan fingerprint density at radius 3 is 2.66 bits per heavy atom. The fourth-order valence-electron chi connectivity index (χ4n) is 3.68. The summed E-state index contributed by atoms with van der Waals surface area (Å²) in [4.78, 5) is 37.8. The van der Waals surface area contributed by atoms with Crippen LogP contribution in [0, 0.1) is 23.5 Å². The number of nitrogens with zero attached hydrogens (tertiary/aromatic N) is 2. The lowest BCUT2D eigenvalue weighted by Gasteiger charge is -2.35. The lowest BCUT2D eigenvalue weighted by atomic mass is 9.93. The second kappa shape index (κ2) is 6.98. The van der Waals surface area contributed by atoms with E-state index in [4.69, 9.17) is 0 Å². The van der Waals surface area contributed by atoms with Gasteiger partial charge in [-0.15, -0.1) is 0 Å². The van der Waals surface area contributed by atoms with E-state index in [2.05, 4.69) is 5.32 Å². The van der Waals surface area contributed by atoms with E-state index < -0.39 is 28.7 Å². The van der Waals surface area contributed by atoms with Gasteiger partial charge in [0.25, 0.3) is 5.91 Å². The van der Waals surface area contributed by atoms with Gasteiger partial charge in [-0.2, -0.15) is 0 Å². The van der Waals surface area contributed by atoms with E-state index in [-0.39, 0.29) is 41.0 Å². The van der Waals surface area contributed by atoms with E-state index in [0.29, 0.717) is 12.6 Å². The van der Waals surface area contributed by atoms with Crippen molar-refractivity contribution in [1.29, 1.82) is 0 Å². The molecule has 1 aromatic carbocycles. The van der Waals surface area contributed by atoms with E-state index in [1.54, 1.807) is 12.1 Å². The molecule has 1 aromatic heterocycles. The first kappa shape index (κ1) is 19.1. The quantitative estimate of drug-likeness (QED) is 0.808. The number of ketones is 1. The molecule has 9 heteroatoms. The Bertz CT molecular complexity index is 1080. The molecule has 0 spiro atoms. The average Bonchev–Trinajstić information content (AvgIpc) is 3.51. The molecule has 1 aliphatic heterocycles. The standard InChI is InChI=1S/C20H19F2N3O4/c1-24-8-13(10-2-3-10)17(26)16-19(28)18(27)14(9-25(16)24)20(29)23-7-11-4-5-12(21)6-15(11)22/h4-6,9-10,13,28H,2-3,7-8H2,1H3,(H,23,29). The van der Waals surface area contributed by atoms with E-state index in [0.717, 1.165) is 18.9 Å². The summed E-state index contributed by atoms with van der Waals surface area (Å²) in [6.45, 7) is 0.145. The molecule has 0 bridgehead atoms. The van der Waals surface area contributed by atoms with Crippen LogP contribution in [-0.4, -0.2) is 35.1 Å². The number of pyridine rings is 1. The first-order valence-corrected chi connectivity index (χ1v) is 9.24. The summed E-state index contributed by atoms with van der Waals surface area (Å²) >= 11 is 0. The third-order valence-electron chi connectivity index (χ3n) is 5.45. The summed E-state index contributed by atoms with van der Waals surface area (Å²) in [5.74, 6) is -3.52. The summed E-state index contributed by atoms with van der Waals surface area (Å²) in [6.07, 6.45) is 3.08. The number of carbonyl (C=O) groups is 2. The molecule has 4 rings (SSSR count). The molecule has 0 saturated heterocycles. The summed E-state index contributed by atoms with van der Waals surface area (Å²) in [6, 6.07) is 2.94. The summed E-state index contributed by atoms with van der Waals surface area (Å²) in [7, 11) is 1.70. The molecule has 2 heterocycles. The lowest BCUT2D eigenvalue weighted by Crippen LogP contribution is -2.48. The van der Waals surface area contributed by atoms with Gasteiger partial charge in [-0.25, -0.2) is 8.78 Å². The van der Waals surface area contributed by atoms with Gasteiger partial charge in [0.05, 0.1) is 0 Å². The minimum absolute atomic E-state index is 0.0432. The molecule has 2 aromatic rings. The van der Waals surface area contributed by atoms with Crippen molar-refractivity contribution in [3.8, 4) is 5.75 Å². The van der Waals surface area contributed by atoms with Crippen LogP contribution in [0.4, 0.5) is 8.78 Å². The molecule has 1 aliphatic carbocycles. The molecular weight excluding hydrogens is 384 g/mol. The number of halogens is 2. The van der Waals surface area contributed by atoms with Crippen LogP contribution in [0.25, 0.3) is 0 Å². The maximum Gasteiger partial charge on any atom is 0.257 e. The van der Waals surface area contributed by atoms with Crippen LogP contribution >= 0.6 is 0 Å². The normalized spacial score (nSPS) is 18.5. The molecule has 1 saturated carbocycles. The number of hydrogen-bond donors (Lipinski definition) is 2. The van der Waals surface area contributed by atoms with Crippen molar-refractivity contribution in [3.63, 3.8) is 0 Å². The first-order chi connectivity index (χ1) is 13.8. The minimum Gasteiger partial charge on any atom is -0.503 e. The number of aromatic nitrogens is 1. The van der Waals surface area contributed by atoms with Crippen LogP contribution < -0.4 is 15.8 Å². The van der Waals surface area contributed by atoms with Gasteiger partial charge < -0.3 is 15.4 Å². The second-order valence-corrected chi connectivity index (χ2v) is 7.48. The van der Waals surface area contributed by atoms with Gasteiger partial charge >= 0.3 is 0 Å². The SMILES string of the molecule is CN1CC(C2CC2)C(=O)c2c(O)c(=O)c(C(=O)NCc3ccc(F)cc3F)cn21. The number of benzene rings is 1. The smallest absolute Gasteiger partial charge is 0.257 e. The minimum atomic E-state index is -0.966. The van der Waals surface area contributed by atoms with Crippen molar-refractivity contribution in [1.82, 2.24) is 9.99 Å². The monoisotopic (exact) mass is 403 g/mol. The predicted octanol–water partition coefficient (Wildman–Crippen LogP) is 1.55. The molecule has 152 valence electrons. The third kappa shape index (κ3) is 3.37. The van der Waals surface area contributed by atoms with Crippen LogP contribution in [0.2, 0.25) is 0 Å². The number of hydrogen-bond acceptors (Lipinski definition) is 5. The van der Waals surface area contributed by atoms with Crippen molar-refractivity contribution < 1.29 is 23.5 Å². The highest BCUT2D eigenvalue weighted by atomic mass is 19.1. The largest absolute Gasteiger partial charge is 0.503 e. The highest BCUT2D eigenvalue weighted by Crippen LogP contribution is 2.40. The molecule has 2 N–H and O–H groups in total. The number of amides is 1. The number of nitrogens with one attached hydrogen (secondary N) is 1. The van der Waals surface area contributed by atoms with Crippen molar-refractivity contribution in [2.45, 2.75) is 19.4 Å². The van der Waals surface area contributed by atoms with Crippen LogP contribution in [0.3, 0.4) is 0 Å². The Kier molecular flexibility index (Phi) is 4.60. The molecule has 7 nitrogen and oxygen atoms in total. The number of rotatable bonds is 4. The van der Waals surface area contributed by atoms with Crippen molar-refractivity contribution >= 4 is 11.7 Å². The molecule has 29 heavy (non-hydrogen) atoms. The Morgan fingerprint density at radius 2 is 2.00 bits per heavy atom. The lowest BCUT2D eigenvalue weighted by molar-refractivity contribution is 0.0864. The number of carbonyl (C=O) groups excluding carboxylic acids is 2. The molecule has 0 radical (unpaired) electrons. The maximum absolute atomic E-state index is 13.7. The highest BCUT2D eigenvalue weighted by Gasteiger charge is 2.43. The fourth-order valence-corrected chi connectivity index (χ4v) is 3.68. The van der Waals surface area contributed by atoms with Crippen LogP contribution in [0.1, 0.15) is 39.3 Å². The van der Waals surface area contributed by atoms with Gasteiger partial charge in [0, 0.05) is 43.9 Å². The maximum atomic E-state index is 13.7. The van der Waals surface area contributed by atoms with Gasteiger partial charge in [-0.1, -0.05) is 6.07 Å². The average molecular weight is 403 g/mol. The molecule has 2 aliphatic rings. The predicted molar refractivity (Wildman–Crippen MR) is 99.4 cm³/mol. The fraction of sp³-hybridized carbons (Fsp3) is 0.350. The zero-order chi connectivity index (χ0) is 20.9. The van der Waals surface area contributed by atoms with Gasteiger partial charge in [0.15, 0.2) is 17.2 Å². The van der Waals surface area contributed by atoms with E-state index in [1.807, 2.05) is 0 Å². The van der Waals surface area contributed by atoms with E-state index >= 15 is 0 Å². The van der Waals surface area contributed by atoms with Gasteiger partial charge in [-0.3, -0.25) is 19.1 Å². The Morgan fingerprint density at radius 1 is 1.28 bits per heavy atom. The number of aromatic hydroxyl groups is 1. The molecule has 1 atom stereocenters. The van der Waals surface area contributed by atoms with Gasteiger partial charge in [-0.05, 0) is 24.8 Å².